The Morgan fingerprint density at radius 2 is 1.84 bits per heavy atom. The number of nitrogens with one attached hydrogen (secondary N) is 1. The number of likely N-dealkylation sites (tertiary alicyclic amines) is 1. The van der Waals surface area contributed by atoms with Crippen LogP contribution in [-0.2, 0) is 4.79 Å². The lowest BCUT2D eigenvalue weighted by atomic mass is 10.00. The number of hydrogen-bond acceptors (Lipinski definition) is 8. The molecular formula is C26H25F2N3O5S. The number of aromatic nitrogens is 1. The van der Waals surface area contributed by atoms with Crippen LogP contribution in [0.5, 0.6) is 11.5 Å². The SMILES string of the molecule is O=C(N[C@H](CN1CCCC1)[C@H](O)c1cc(F)c2c(c1)OCCO2)C(=O)c1csc(-c2ccc(F)cc2)n1. The van der Waals surface area contributed by atoms with E-state index in [0.717, 1.165) is 43.3 Å². The summed E-state index contributed by atoms with van der Waals surface area (Å²) in [7, 11) is 0. The Morgan fingerprint density at radius 3 is 2.59 bits per heavy atom. The summed E-state index contributed by atoms with van der Waals surface area (Å²) in [5, 5.41) is 15.8. The highest BCUT2D eigenvalue weighted by Gasteiger charge is 2.31. The van der Waals surface area contributed by atoms with Crippen LogP contribution >= 0.6 is 11.3 Å². The highest BCUT2D eigenvalue weighted by atomic mass is 32.1. The molecule has 5 rings (SSSR count). The first-order valence-electron chi connectivity index (χ1n) is 11.9. The summed E-state index contributed by atoms with van der Waals surface area (Å²) >= 11 is 1.16. The van der Waals surface area contributed by atoms with Crippen LogP contribution in [0.4, 0.5) is 8.78 Å². The van der Waals surface area contributed by atoms with E-state index in [1.165, 1.54) is 35.7 Å². The van der Waals surface area contributed by atoms with Crippen molar-refractivity contribution in [1.82, 2.24) is 15.2 Å². The molecule has 0 unspecified atom stereocenters. The summed E-state index contributed by atoms with van der Waals surface area (Å²) in [4.78, 5) is 32.2. The van der Waals surface area contributed by atoms with E-state index in [-0.39, 0.29) is 42.5 Å². The minimum Gasteiger partial charge on any atom is -0.486 e. The van der Waals surface area contributed by atoms with Gasteiger partial charge < -0.3 is 24.8 Å². The molecule has 3 heterocycles. The second-order valence-corrected chi connectivity index (χ2v) is 9.79. The van der Waals surface area contributed by atoms with Crippen LogP contribution in [0.1, 0.15) is 35.0 Å². The first kappa shape index (κ1) is 25.2. The Kier molecular flexibility index (Phi) is 7.45. The minimum absolute atomic E-state index is 0.0157. The fraction of sp³-hybridized carbons (Fsp3) is 0.346. The maximum atomic E-state index is 14.6. The second kappa shape index (κ2) is 10.9. The highest BCUT2D eigenvalue weighted by Crippen LogP contribution is 2.36. The van der Waals surface area contributed by atoms with Gasteiger partial charge in [0.15, 0.2) is 17.3 Å². The van der Waals surface area contributed by atoms with Crippen molar-refractivity contribution < 1.29 is 33.0 Å². The van der Waals surface area contributed by atoms with Crippen LogP contribution in [0.2, 0.25) is 0 Å². The number of carbonyl (C=O) groups excluding carboxylic acids is 2. The molecule has 1 fully saturated rings. The van der Waals surface area contributed by atoms with Crippen LogP contribution in [0.3, 0.4) is 0 Å². The molecule has 8 nitrogen and oxygen atoms in total. The molecule has 1 aromatic heterocycles. The third kappa shape index (κ3) is 5.63. The summed E-state index contributed by atoms with van der Waals surface area (Å²) in [6, 6.07) is 7.40. The smallest absolute Gasteiger partial charge is 0.294 e. The largest absolute Gasteiger partial charge is 0.486 e. The lowest BCUT2D eigenvalue weighted by Gasteiger charge is -2.29. The van der Waals surface area contributed by atoms with Gasteiger partial charge in [-0.2, -0.15) is 0 Å². The van der Waals surface area contributed by atoms with Gasteiger partial charge in [-0.05, 0) is 67.9 Å². The number of halogens is 2. The Hall–Kier alpha value is -3.41. The fourth-order valence-electron chi connectivity index (χ4n) is 4.45. The number of nitrogens with zero attached hydrogens (tertiary/aromatic N) is 2. The van der Waals surface area contributed by atoms with Crippen molar-refractivity contribution in [3.63, 3.8) is 0 Å². The lowest BCUT2D eigenvalue weighted by molar-refractivity contribution is -0.118. The Balaban J connectivity index is 1.34. The zero-order valence-electron chi connectivity index (χ0n) is 19.8. The number of ether oxygens (including phenoxy) is 2. The van der Waals surface area contributed by atoms with Crippen molar-refractivity contribution in [2.45, 2.75) is 25.0 Å². The fourth-order valence-corrected chi connectivity index (χ4v) is 5.26. The molecule has 0 bridgehead atoms. The van der Waals surface area contributed by atoms with Crippen LogP contribution in [0.25, 0.3) is 10.6 Å². The number of thiazole rings is 1. The van der Waals surface area contributed by atoms with E-state index in [0.29, 0.717) is 10.6 Å². The average Bonchev–Trinajstić information content (AvgIpc) is 3.60. The summed E-state index contributed by atoms with van der Waals surface area (Å²) < 4.78 is 38.6. The number of amides is 1. The summed E-state index contributed by atoms with van der Waals surface area (Å²) in [6.45, 7) is 2.32. The van der Waals surface area contributed by atoms with E-state index in [1.807, 2.05) is 0 Å². The number of aliphatic hydroxyl groups excluding tert-OH is 1. The normalized spacial score (nSPS) is 16.8. The number of aliphatic hydroxyl groups is 1. The number of hydrogen-bond donors (Lipinski definition) is 2. The van der Waals surface area contributed by atoms with Crippen LogP contribution in [-0.4, -0.2) is 65.6 Å². The van der Waals surface area contributed by atoms with Gasteiger partial charge in [-0.3, -0.25) is 9.59 Å². The van der Waals surface area contributed by atoms with Crippen LogP contribution in [0, 0.1) is 11.6 Å². The van der Waals surface area contributed by atoms with E-state index in [1.54, 1.807) is 0 Å². The predicted octanol–water partition coefficient (Wildman–Crippen LogP) is 3.36. The third-order valence-electron chi connectivity index (χ3n) is 6.35. The van der Waals surface area contributed by atoms with Gasteiger partial charge in [0.05, 0.1) is 6.04 Å². The monoisotopic (exact) mass is 529 g/mol. The van der Waals surface area contributed by atoms with E-state index in [4.69, 9.17) is 9.47 Å². The molecule has 0 saturated carbocycles. The minimum atomic E-state index is -1.31. The first-order valence-corrected chi connectivity index (χ1v) is 12.8. The van der Waals surface area contributed by atoms with Crippen molar-refractivity contribution >= 4 is 23.0 Å². The maximum absolute atomic E-state index is 14.6. The van der Waals surface area contributed by atoms with E-state index >= 15 is 0 Å². The number of rotatable bonds is 8. The Bertz CT molecular complexity index is 1290. The van der Waals surface area contributed by atoms with Crippen LogP contribution < -0.4 is 14.8 Å². The molecule has 194 valence electrons. The average molecular weight is 530 g/mol. The van der Waals surface area contributed by atoms with E-state index in [9.17, 15) is 23.5 Å². The zero-order valence-corrected chi connectivity index (χ0v) is 20.6. The predicted molar refractivity (Wildman–Crippen MR) is 132 cm³/mol. The molecule has 2 atom stereocenters. The van der Waals surface area contributed by atoms with Gasteiger partial charge in [-0.1, -0.05) is 0 Å². The summed E-state index contributed by atoms with van der Waals surface area (Å²) in [5.74, 6) is -2.70. The van der Waals surface area contributed by atoms with Crippen molar-refractivity contribution in [2.24, 2.45) is 0 Å². The van der Waals surface area contributed by atoms with Gasteiger partial charge >= 0.3 is 0 Å². The summed E-state index contributed by atoms with van der Waals surface area (Å²) in [6.07, 6.45) is 0.659. The molecule has 2 aromatic carbocycles. The molecule has 3 aromatic rings. The number of ketones is 1. The molecule has 2 aliphatic heterocycles. The molecule has 1 saturated heterocycles. The third-order valence-corrected chi connectivity index (χ3v) is 7.24. The van der Waals surface area contributed by atoms with Crippen molar-refractivity contribution in [3.05, 3.63) is 64.7 Å². The first-order chi connectivity index (χ1) is 17.9. The molecule has 1 amide bonds. The van der Waals surface area contributed by atoms with E-state index in [2.05, 4.69) is 15.2 Å². The zero-order chi connectivity index (χ0) is 25.9. The summed E-state index contributed by atoms with van der Waals surface area (Å²) in [5.41, 5.74) is 0.765. The van der Waals surface area contributed by atoms with Gasteiger partial charge in [-0.15, -0.1) is 11.3 Å². The molecule has 0 aliphatic carbocycles. The van der Waals surface area contributed by atoms with Crippen LogP contribution in [0.15, 0.2) is 41.8 Å². The Labute approximate surface area is 215 Å². The maximum Gasteiger partial charge on any atom is 0.294 e. The molecule has 11 heteroatoms. The van der Waals surface area contributed by atoms with Gasteiger partial charge in [0, 0.05) is 17.5 Å². The lowest BCUT2D eigenvalue weighted by Crippen LogP contribution is -2.48. The topological polar surface area (TPSA) is 101 Å². The number of carbonyl (C=O) groups is 2. The molecule has 37 heavy (non-hydrogen) atoms. The van der Waals surface area contributed by atoms with E-state index < -0.39 is 35.5 Å². The molecule has 2 N–H and O–H groups in total. The molecule has 2 aliphatic rings. The second-order valence-electron chi connectivity index (χ2n) is 8.93. The van der Waals surface area contributed by atoms with Gasteiger partial charge in [-0.25, -0.2) is 13.8 Å². The van der Waals surface area contributed by atoms with Crippen molar-refractivity contribution in [3.8, 4) is 22.1 Å². The molecular weight excluding hydrogens is 504 g/mol. The molecule has 0 radical (unpaired) electrons. The van der Waals surface area contributed by atoms with Gasteiger partial charge in [0.2, 0.25) is 0 Å². The molecule has 0 spiro atoms. The van der Waals surface area contributed by atoms with Crippen molar-refractivity contribution in [1.29, 1.82) is 0 Å². The van der Waals surface area contributed by atoms with Gasteiger partial charge in [0.25, 0.3) is 11.7 Å². The number of Topliss-reactive ketones (excluding diaryl/α,β-unsaturated/α-hetero) is 1. The highest BCUT2D eigenvalue weighted by molar-refractivity contribution is 7.13. The quantitative estimate of drug-likeness (QED) is 0.341. The Morgan fingerprint density at radius 1 is 1.11 bits per heavy atom. The number of fused-ring (bicyclic) bond motifs is 1. The standard InChI is InChI=1S/C26H25F2N3O5S/c27-17-5-3-15(4-6-17)26-30-20(14-37-26)23(33)25(34)29-19(13-31-7-1-2-8-31)22(32)16-11-18(28)24-21(12-16)35-9-10-36-24/h3-6,11-12,14,19,22,32H,1-2,7-10,13H2,(H,29,34)/t19-,22-/m1/s1. The number of benzene rings is 2. The van der Waals surface area contributed by atoms with Gasteiger partial charge in [0.1, 0.15) is 35.8 Å². The van der Waals surface area contributed by atoms with Crippen molar-refractivity contribution in [2.75, 3.05) is 32.8 Å².